The van der Waals surface area contributed by atoms with E-state index in [0.717, 1.165) is 21.8 Å². The van der Waals surface area contributed by atoms with Crippen molar-refractivity contribution in [3.05, 3.63) is 113 Å². The number of ketones is 1. The molecule has 0 saturated heterocycles. The van der Waals surface area contributed by atoms with Gasteiger partial charge in [0.1, 0.15) is 5.52 Å². The number of benzene rings is 2. The number of carbonyl (C=O) groups excluding carboxylic acids is 2. The Bertz CT molecular complexity index is 1270. The first-order valence-electron chi connectivity index (χ1n) is 9.46. The van der Waals surface area contributed by atoms with Gasteiger partial charge >= 0.3 is 0 Å². The predicted molar refractivity (Wildman–Crippen MR) is 115 cm³/mol. The van der Waals surface area contributed by atoms with Crippen LogP contribution in [0.4, 0.5) is 0 Å². The van der Waals surface area contributed by atoms with Crippen LogP contribution in [0.5, 0.6) is 0 Å². The summed E-state index contributed by atoms with van der Waals surface area (Å²) in [6.45, 7) is 0. The maximum atomic E-state index is 13.2. The van der Waals surface area contributed by atoms with Crippen molar-refractivity contribution < 1.29 is 19.5 Å². The summed E-state index contributed by atoms with van der Waals surface area (Å²) in [7, 11) is 0. The Labute approximate surface area is 177 Å². The minimum Gasteiger partial charge on any atom is -0.413 e. The van der Waals surface area contributed by atoms with E-state index in [1.165, 1.54) is 11.4 Å². The van der Waals surface area contributed by atoms with Crippen LogP contribution in [0.25, 0.3) is 10.9 Å². The number of nitrogens with zero attached hydrogens (tertiary/aromatic N) is 2. The third-order valence-corrected chi connectivity index (χ3v) is 6.00. The second kappa shape index (κ2) is 7.59. The molecule has 0 unspecified atom stereocenters. The zero-order chi connectivity index (χ0) is 20.5. The van der Waals surface area contributed by atoms with Crippen LogP contribution in [0, 0.1) is 11.4 Å². The highest BCUT2D eigenvalue weighted by atomic mass is 32.1. The van der Waals surface area contributed by atoms with E-state index < -0.39 is 0 Å². The van der Waals surface area contributed by atoms with Crippen LogP contribution in [0.3, 0.4) is 0 Å². The third kappa shape index (κ3) is 3.18. The molecule has 6 heteroatoms. The lowest BCUT2D eigenvalue weighted by Gasteiger charge is -2.16. The van der Waals surface area contributed by atoms with Gasteiger partial charge in [-0.25, -0.2) is 4.57 Å². The molecule has 2 N–H and O–H groups in total. The van der Waals surface area contributed by atoms with Gasteiger partial charge in [0, 0.05) is 5.56 Å². The second-order valence-electron chi connectivity index (χ2n) is 6.87. The van der Waals surface area contributed by atoms with E-state index in [-0.39, 0.29) is 11.7 Å². The number of nitrogens with two attached hydrogens (primary N) is 1. The Morgan fingerprint density at radius 1 is 1.00 bits per heavy atom. The Balaban J connectivity index is 1.44. The Morgan fingerprint density at radius 2 is 1.87 bits per heavy atom. The zero-order valence-electron chi connectivity index (χ0n) is 15.9. The predicted octanol–water partition coefficient (Wildman–Crippen LogP) is 1.64. The molecule has 2 aromatic carbocycles. The molecule has 5 rings (SSSR count). The molecule has 0 atom stereocenters. The maximum absolute atomic E-state index is 13.2. The summed E-state index contributed by atoms with van der Waals surface area (Å²) in [5.41, 5.74) is 2.92. The molecule has 146 valence electrons. The number of rotatable bonds is 4. The number of quaternary nitrogens is 1. The van der Waals surface area contributed by atoms with Crippen molar-refractivity contribution in [2.45, 2.75) is 0 Å². The molecule has 1 aliphatic heterocycles. The molecule has 0 amide bonds. The van der Waals surface area contributed by atoms with E-state index >= 15 is 0 Å². The van der Waals surface area contributed by atoms with Crippen molar-refractivity contribution in [1.29, 1.82) is 0 Å². The molecule has 5 nitrogen and oxygen atoms in total. The number of pyridine rings is 1. The van der Waals surface area contributed by atoms with Gasteiger partial charge in [0.2, 0.25) is 0 Å². The maximum Gasteiger partial charge on any atom is 0.267 e. The summed E-state index contributed by atoms with van der Waals surface area (Å²) in [6, 6.07) is 20.9. The quantitative estimate of drug-likeness (QED) is 0.183. The highest BCUT2D eigenvalue weighted by molar-refractivity contribution is 7.81. The summed E-state index contributed by atoms with van der Waals surface area (Å²) in [5, 5.41) is 5.50. The van der Waals surface area contributed by atoms with Crippen LogP contribution < -0.4 is 9.88 Å². The molecule has 0 saturated carbocycles. The minimum absolute atomic E-state index is 0.0548. The van der Waals surface area contributed by atoms with E-state index in [1.807, 2.05) is 59.2 Å². The second-order valence-corrected chi connectivity index (χ2v) is 7.78. The molecule has 3 heterocycles. The van der Waals surface area contributed by atoms with Crippen molar-refractivity contribution in [1.82, 2.24) is 4.98 Å². The van der Waals surface area contributed by atoms with Gasteiger partial charge in [-0.2, -0.15) is 0 Å². The lowest BCUT2D eigenvalue weighted by molar-refractivity contribution is -0.612. The van der Waals surface area contributed by atoms with Gasteiger partial charge in [-0.1, -0.05) is 54.2 Å². The molecule has 1 aliphatic rings. The summed E-state index contributed by atoms with van der Waals surface area (Å²) >= 11 is 1.51. The largest absolute Gasteiger partial charge is 0.413 e. The van der Waals surface area contributed by atoms with Crippen molar-refractivity contribution in [3.63, 3.8) is 0 Å². The normalized spacial score (nSPS) is 13.2. The molecule has 0 bridgehead atoms. The molecule has 4 aromatic rings. The first-order chi connectivity index (χ1) is 14.7. The highest BCUT2D eigenvalue weighted by Crippen LogP contribution is 2.20. The number of aromatic nitrogens is 2. The molecule has 30 heavy (non-hydrogen) atoms. The Hall–Kier alpha value is -3.74. The van der Waals surface area contributed by atoms with Crippen molar-refractivity contribution in [2.75, 3.05) is 0 Å². The standard InChI is InChI=1S/C24H17N3O2S/c28-22(16-6-2-1-3-7-16)19-9-4-10-21-18(19)11-13-27(21)24(29)20-15-30-23(26-20)17-8-5-12-25-14-17/h1-15H,26H2. The van der Waals surface area contributed by atoms with Crippen LogP contribution in [0.2, 0.25) is 0 Å². The molecular formula is C24H17N3O2S. The molecule has 2 aromatic heterocycles. The third-order valence-electron chi connectivity index (χ3n) is 5.02. The fourth-order valence-corrected chi connectivity index (χ4v) is 4.41. The average molecular weight is 411 g/mol. The molecule has 0 spiro atoms. The van der Waals surface area contributed by atoms with Gasteiger partial charge in [-0.05, 0) is 29.3 Å². The summed E-state index contributed by atoms with van der Waals surface area (Å²) in [4.78, 5) is 30.3. The van der Waals surface area contributed by atoms with Crippen LogP contribution in [0.15, 0.2) is 85.3 Å². The van der Waals surface area contributed by atoms with Gasteiger partial charge in [-0.15, -0.1) is 18.2 Å². The van der Waals surface area contributed by atoms with E-state index in [4.69, 9.17) is 0 Å². The van der Waals surface area contributed by atoms with E-state index in [0.29, 0.717) is 17.2 Å². The summed E-state index contributed by atoms with van der Waals surface area (Å²) < 4.78 is 1.60. The summed E-state index contributed by atoms with van der Waals surface area (Å²) in [6.07, 6.45) is 5.24. The van der Waals surface area contributed by atoms with Crippen LogP contribution in [-0.2, 0) is 11.4 Å². The number of hydrogen-bond donors (Lipinski definition) is 1. The first kappa shape index (κ1) is 18.3. The van der Waals surface area contributed by atoms with Gasteiger partial charge in [-0.3, -0.25) is 9.59 Å². The Kier molecular flexibility index (Phi) is 4.63. The smallest absolute Gasteiger partial charge is 0.267 e. The number of fused-ring (bicyclic) bond motifs is 1. The molecule has 0 radical (unpaired) electrons. The lowest BCUT2D eigenvalue weighted by atomic mass is 10.0. The van der Waals surface area contributed by atoms with Gasteiger partial charge in [0.05, 0.1) is 11.6 Å². The SMILES string of the molecule is O=C(c1ccccc1)c1ccc[c-]2c1cc[n+]2C(=O)[C-]1C=[S+][C-](c2cccnc2)[NH2+]1. The highest BCUT2D eigenvalue weighted by Gasteiger charge is 2.30. The number of carbonyl (C=O) groups is 2. The van der Waals surface area contributed by atoms with E-state index in [1.54, 1.807) is 41.4 Å². The monoisotopic (exact) mass is 411 g/mol. The fraction of sp³-hybridized carbons (Fsp3) is 0. The van der Waals surface area contributed by atoms with Crippen LogP contribution in [-0.4, -0.2) is 22.0 Å². The van der Waals surface area contributed by atoms with Crippen molar-refractivity contribution in [2.24, 2.45) is 0 Å². The zero-order valence-corrected chi connectivity index (χ0v) is 16.7. The molecule has 0 fully saturated rings. The molecular weight excluding hydrogens is 394 g/mol. The fourth-order valence-electron chi connectivity index (χ4n) is 3.54. The van der Waals surface area contributed by atoms with Crippen LogP contribution >= 0.6 is 0 Å². The lowest BCUT2D eigenvalue weighted by Crippen LogP contribution is -2.88. The van der Waals surface area contributed by atoms with Crippen molar-refractivity contribution >= 4 is 39.3 Å². The van der Waals surface area contributed by atoms with E-state index in [2.05, 4.69) is 4.98 Å². The average Bonchev–Trinajstić information content (AvgIpc) is 3.47. The van der Waals surface area contributed by atoms with Gasteiger partial charge < -0.3 is 10.3 Å². The molecule has 0 aliphatic carbocycles. The number of hydrogen-bond acceptors (Lipinski definition) is 3. The Morgan fingerprint density at radius 3 is 2.67 bits per heavy atom. The van der Waals surface area contributed by atoms with Gasteiger partial charge in [0.25, 0.3) is 11.3 Å². The van der Waals surface area contributed by atoms with Crippen molar-refractivity contribution in [3.8, 4) is 0 Å². The van der Waals surface area contributed by atoms with Gasteiger partial charge in [0.15, 0.2) is 17.1 Å². The summed E-state index contributed by atoms with van der Waals surface area (Å²) in [5.74, 6) is -0.179. The minimum atomic E-state index is -0.124. The first-order valence-corrected chi connectivity index (χ1v) is 10.3. The van der Waals surface area contributed by atoms with E-state index in [9.17, 15) is 9.59 Å². The van der Waals surface area contributed by atoms with Crippen LogP contribution in [0.1, 0.15) is 26.3 Å². The topological polar surface area (TPSA) is 67.5 Å².